The Morgan fingerprint density at radius 3 is 2.31 bits per heavy atom. The van der Waals surface area contributed by atoms with Crippen LogP contribution in [0.1, 0.15) is 40.0 Å². The Kier molecular flexibility index (Phi) is 6.70. The lowest BCUT2D eigenvalue weighted by molar-refractivity contribution is 0.0742. The summed E-state index contributed by atoms with van der Waals surface area (Å²) in [5, 5.41) is 4.12. The fourth-order valence-electron chi connectivity index (χ4n) is 3.74. The summed E-state index contributed by atoms with van der Waals surface area (Å²) in [6.45, 7) is 5.56. The molecule has 0 aliphatic carbocycles. The smallest absolute Gasteiger partial charge is 0.262 e. The lowest BCUT2D eigenvalue weighted by Gasteiger charge is -2.25. The lowest BCUT2D eigenvalue weighted by atomic mass is 10.1. The average molecular weight is 490 g/mol. The van der Waals surface area contributed by atoms with E-state index in [-0.39, 0.29) is 16.8 Å². The van der Waals surface area contributed by atoms with Crippen molar-refractivity contribution in [2.24, 2.45) is 0 Å². The monoisotopic (exact) mass is 489 g/mol. The first-order valence-electron chi connectivity index (χ1n) is 11.1. The largest absolute Gasteiger partial charge is 0.335 e. The molecule has 4 aromatic rings. The maximum absolute atomic E-state index is 13.1. The summed E-state index contributed by atoms with van der Waals surface area (Å²) in [7, 11) is -2.00. The number of aryl methyl sites for hydroxylation is 2. The molecule has 0 aliphatic heterocycles. The number of anilines is 1. The molecule has 0 fully saturated rings. The number of benzene rings is 3. The fraction of sp³-hybridized carbons (Fsp3) is 0.192. The topological polar surface area (TPSA) is 97.2 Å². The van der Waals surface area contributed by atoms with Crippen molar-refractivity contribution in [2.45, 2.75) is 31.7 Å². The molecule has 4 rings (SSSR count). The summed E-state index contributed by atoms with van der Waals surface area (Å²) in [4.78, 5) is 18.9. The van der Waals surface area contributed by atoms with Crippen LogP contribution in [0.15, 0.2) is 84.3 Å². The van der Waals surface area contributed by atoms with Gasteiger partial charge in [-0.15, -0.1) is 0 Å². The highest BCUT2D eigenvalue weighted by atomic mass is 32.2. The molecule has 0 saturated carbocycles. The zero-order valence-electron chi connectivity index (χ0n) is 20.0. The SMILES string of the molecule is Cc1ccc(C)c(S(=O)(=O)Nc2ccc(C(=O)N(C)C(C)c3ccc(-n4cncn4)cc3)cc2)c1. The van der Waals surface area contributed by atoms with Crippen LogP contribution in [0, 0.1) is 13.8 Å². The number of hydrogen-bond acceptors (Lipinski definition) is 5. The first kappa shape index (κ1) is 24.2. The second-order valence-electron chi connectivity index (χ2n) is 8.48. The third-order valence-corrected chi connectivity index (χ3v) is 7.50. The maximum atomic E-state index is 13.1. The second-order valence-corrected chi connectivity index (χ2v) is 10.1. The zero-order valence-corrected chi connectivity index (χ0v) is 20.8. The molecule has 0 spiro atoms. The molecule has 0 saturated heterocycles. The average Bonchev–Trinajstić information content (AvgIpc) is 3.39. The van der Waals surface area contributed by atoms with Crippen molar-refractivity contribution in [1.29, 1.82) is 0 Å². The molecule has 0 bridgehead atoms. The second kappa shape index (κ2) is 9.71. The third kappa shape index (κ3) is 5.25. The summed E-state index contributed by atoms with van der Waals surface area (Å²) in [5.74, 6) is -0.165. The van der Waals surface area contributed by atoms with Crippen LogP contribution in [-0.4, -0.2) is 41.0 Å². The van der Waals surface area contributed by atoms with Gasteiger partial charge in [-0.25, -0.2) is 18.1 Å². The molecule has 1 N–H and O–H groups in total. The van der Waals surface area contributed by atoms with E-state index >= 15 is 0 Å². The van der Waals surface area contributed by atoms with Gasteiger partial charge in [0.15, 0.2) is 0 Å². The number of carbonyl (C=O) groups excluding carboxylic acids is 1. The van der Waals surface area contributed by atoms with Crippen molar-refractivity contribution in [1.82, 2.24) is 19.7 Å². The minimum Gasteiger partial charge on any atom is -0.335 e. The quantitative estimate of drug-likeness (QED) is 0.412. The molecule has 1 unspecified atom stereocenters. The van der Waals surface area contributed by atoms with Crippen LogP contribution in [0.3, 0.4) is 0 Å². The number of amides is 1. The van der Waals surface area contributed by atoms with Crippen molar-refractivity contribution in [2.75, 3.05) is 11.8 Å². The van der Waals surface area contributed by atoms with Crippen molar-refractivity contribution < 1.29 is 13.2 Å². The number of nitrogens with one attached hydrogen (secondary N) is 1. The summed E-state index contributed by atoms with van der Waals surface area (Å²) in [6.07, 6.45) is 3.10. The van der Waals surface area contributed by atoms with Gasteiger partial charge in [-0.05, 0) is 79.9 Å². The first-order chi connectivity index (χ1) is 16.7. The van der Waals surface area contributed by atoms with Crippen molar-refractivity contribution in [3.8, 4) is 5.69 Å². The highest BCUT2D eigenvalue weighted by Crippen LogP contribution is 2.24. The Morgan fingerprint density at radius 2 is 1.69 bits per heavy atom. The Bertz CT molecular complexity index is 1430. The highest BCUT2D eigenvalue weighted by molar-refractivity contribution is 7.92. The number of hydrogen-bond donors (Lipinski definition) is 1. The Labute approximate surface area is 205 Å². The molecule has 0 radical (unpaired) electrons. The maximum Gasteiger partial charge on any atom is 0.262 e. The van der Waals surface area contributed by atoms with Gasteiger partial charge >= 0.3 is 0 Å². The van der Waals surface area contributed by atoms with Gasteiger partial charge < -0.3 is 4.90 Å². The summed E-state index contributed by atoms with van der Waals surface area (Å²) >= 11 is 0. The van der Waals surface area contributed by atoms with Crippen LogP contribution in [-0.2, 0) is 10.0 Å². The van der Waals surface area contributed by atoms with Gasteiger partial charge in [0.1, 0.15) is 12.7 Å². The van der Waals surface area contributed by atoms with E-state index in [1.165, 1.54) is 6.33 Å². The van der Waals surface area contributed by atoms with Crippen LogP contribution in [0.2, 0.25) is 0 Å². The van der Waals surface area contributed by atoms with Gasteiger partial charge in [0.05, 0.1) is 16.6 Å². The fourth-order valence-corrected chi connectivity index (χ4v) is 5.13. The number of sulfonamides is 1. The van der Waals surface area contributed by atoms with E-state index in [4.69, 9.17) is 0 Å². The van der Waals surface area contributed by atoms with Gasteiger partial charge in [-0.1, -0.05) is 24.3 Å². The van der Waals surface area contributed by atoms with Gasteiger partial charge in [0.2, 0.25) is 0 Å². The minimum absolute atomic E-state index is 0.165. The summed E-state index contributed by atoms with van der Waals surface area (Å²) < 4.78 is 30.0. The van der Waals surface area contributed by atoms with Crippen molar-refractivity contribution in [3.05, 3.63) is 102 Å². The Balaban J connectivity index is 1.45. The summed E-state index contributed by atoms with van der Waals surface area (Å²) in [5.41, 5.74) is 4.24. The van der Waals surface area contributed by atoms with E-state index in [2.05, 4.69) is 14.8 Å². The van der Waals surface area contributed by atoms with Crippen LogP contribution in [0.4, 0.5) is 5.69 Å². The standard InChI is InChI=1S/C26H27N5O3S/c1-18-5-6-19(2)25(15-18)35(33,34)29-23-11-7-22(8-12-23)26(32)30(4)20(3)21-9-13-24(14-10-21)31-17-27-16-28-31/h5-17,20,29H,1-4H3. The number of aromatic nitrogens is 3. The minimum atomic E-state index is -3.74. The van der Waals surface area contributed by atoms with Crippen molar-refractivity contribution >= 4 is 21.6 Å². The predicted molar refractivity (Wildman–Crippen MR) is 135 cm³/mol. The van der Waals surface area contributed by atoms with Crippen LogP contribution in [0.25, 0.3) is 5.69 Å². The predicted octanol–water partition coefficient (Wildman–Crippen LogP) is 4.52. The molecule has 1 heterocycles. The van der Waals surface area contributed by atoms with E-state index < -0.39 is 10.0 Å². The third-order valence-electron chi connectivity index (χ3n) is 5.98. The van der Waals surface area contributed by atoms with Gasteiger partial charge in [0, 0.05) is 18.3 Å². The van der Waals surface area contributed by atoms with E-state index in [1.807, 2.05) is 44.2 Å². The molecule has 1 atom stereocenters. The molecule has 1 amide bonds. The molecule has 1 aromatic heterocycles. The summed E-state index contributed by atoms with van der Waals surface area (Å²) in [6, 6.07) is 19.3. The molecular weight excluding hydrogens is 462 g/mol. The molecular formula is C26H27N5O3S. The Morgan fingerprint density at radius 1 is 1.00 bits per heavy atom. The van der Waals surface area contributed by atoms with E-state index in [0.717, 1.165) is 16.8 Å². The van der Waals surface area contributed by atoms with E-state index in [1.54, 1.807) is 66.3 Å². The Hall–Kier alpha value is -3.98. The number of nitrogens with zero attached hydrogens (tertiary/aromatic N) is 4. The molecule has 35 heavy (non-hydrogen) atoms. The van der Waals surface area contributed by atoms with Crippen LogP contribution in [0.5, 0.6) is 0 Å². The number of carbonyl (C=O) groups is 1. The molecule has 9 heteroatoms. The molecule has 180 valence electrons. The number of rotatable bonds is 7. The molecule has 3 aromatic carbocycles. The normalized spacial score (nSPS) is 12.2. The van der Waals surface area contributed by atoms with E-state index in [9.17, 15) is 13.2 Å². The molecule has 8 nitrogen and oxygen atoms in total. The lowest BCUT2D eigenvalue weighted by Crippen LogP contribution is -2.29. The van der Waals surface area contributed by atoms with Crippen molar-refractivity contribution in [3.63, 3.8) is 0 Å². The van der Waals surface area contributed by atoms with E-state index in [0.29, 0.717) is 16.8 Å². The van der Waals surface area contributed by atoms with Gasteiger partial charge in [-0.3, -0.25) is 9.52 Å². The van der Waals surface area contributed by atoms with Gasteiger partial charge in [0.25, 0.3) is 15.9 Å². The zero-order chi connectivity index (χ0) is 25.2. The van der Waals surface area contributed by atoms with Crippen LogP contribution >= 0.6 is 0 Å². The highest BCUT2D eigenvalue weighted by Gasteiger charge is 2.20. The van der Waals surface area contributed by atoms with Crippen LogP contribution < -0.4 is 4.72 Å². The first-order valence-corrected chi connectivity index (χ1v) is 12.6. The molecule has 0 aliphatic rings. The van der Waals surface area contributed by atoms with Gasteiger partial charge in [-0.2, -0.15) is 5.10 Å².